The molecule has 4 fully saturated rings. The summed E-state index contributed by atoms with van der Waals surface area (Å²) in [5, 5.41) is 9.68. The summed E-state index contributed by atoms with van der Waals surface area (Å²) in [7, 11) is 0. The fourth-order valence-electron chi connectivity index (χ4n) is 7.80. The summed E-state index contributed by atoms with van der Waals surface area (Å²) < 4.78 is 11.5. The third-order valence-corrected chi connectivity index (χ3v) is 8.84. The Hall–Kier alpha value is -2.42. The van der Waals surface area contributed by atoms with Crippen LogP contribution in [0.15, 0.2) is 30.3 Å². The molecule has 2 amide bonds. The molecule has 8 nitrogen and oxygen atoms in total. The van der Waals surface area contributed by atoms with Gasteiger partial charge in [0.25, 0.3) is 0 Å². The highest BCUT2D eigenvalue weighted by Crippen LogP contribution is 2.61. The zero-order valence-corrected chi connectivity index (χ0v) is 27.4. The van der Waals surface area contributed by atoms with Gasteiger partial charge in [0.2, 0.25) is 0 Å². The molecule has 0 radical (unpaired) electrons. The molecule has 42 heavy (non-hydrogen) atoms. The smallest absolute Gasteiger partial charge is 0.410 e. The Morgan fingerprint density at radius 2 is 1.38 bits per heavy atom. The van der Waals surface area contributed by atoms with Gasteiger partial charge in [-0.15, -0.1) is 0 Å². The zero-order chi connectivity index (χ0) is 30.0. The van der Waals surface area contributed by atoms with Crippen LogP contribution >= 0.6 is 13.5 Å². The molecule has 1 aromatic rings. The predicted octanol–water partition coefficient (Wildman–Crippen LogP) is 6.88. The number of carboxylic acids is 1. The molecule has 236 valence electrons. The van der Waals surface area contributed by atoms with Crippen molar-refractivity contribution in [2.45, 2.75) is 110 Å². The molecular formula is C33H52N2O6S. The summed E-state index contributed by atoms with van der Waals surface area (Å²) in [6.45, 7) is 10.8. The highest BCUT2D eigenvalue weighted by molar-refractivity contribution is 7.59. The number of hydrogen-bond donors (Lipinski definition) is 1. The van der Waals surface area contributed by atoms with E-state index in [1.54, 1.807) is 25.7 Å². The molecule has 4 saturated carbocycles. The molecular weight excluding hydrogens is 552 g/mol. The molecule has 4 bridgehead atoms. The first-order valence-corrected chi connectivity index (χ1v) is 15.3. The van der Waals surface area contributed by atoms with Crippen molar-refractivity contribution in [3.05, 3.63) is 35.9 Å². The molecule has 0 spiro atoms. The first-order chi connectivity index (χ1) is 19.1. The average molecular weight is 605 g/mol. The van der Waals surface area contributed by atoms with Gasteiger partial charge in [-0.25, -0.2) is 9.59 Å². The van der Waals surface area contributed by atoms with E-state index in [2.05, 4.69) is 0 Å². The van der Waals surface area contributed by atoms with Crippen molar-refractivity contribution < 1.29 is 29.0 Å². The normalized spacial score (nSPS) is 25.2. The van der Waals surface area contributed by atoms with Crippen molar-refractivity contribution in [2.75, 3.05) is 19.6 Å². The van der Waals surface area contributed by atoms with Gasteiger partial charge in [0, 0.05) is 13.1 Å². The molecule has 1 atom stereocenters. The van der Waals surface area contributed by atoms with Crippen molar-refractivity contribution in [3.8, 4) is 0 Å². The Bertz CT molecular complexity index is 1040. The molecule has 0 heterocycles. The quantitative estimate of drug-likeness (QED) is 0.313. The maximum absolute atomic E-state index is 13.9. The van der Waals surface area contributed by atoms with Gasteiger partial charge < -0.3 is 19.5 Å². The van der Waals surface area contributed by atoms with Gasteiger partial charge in [0.1, 0.15) is 17.7 Å². The first kappa shape index (κ1) is 34.1. The molecule has 0 saturated heterocycles. The average Bonchev–Trinajstić information content (AvgIpc) is 2.81. The number of rotatable bonds is 10. The summed E-state index contributed by atoms with van der Waals surface area (Å²) in [5.74, 6) is 1.27. The summed E-state index contributed by atoms with van der Waals surface area (Å²) in [6.07, 6.45) is 7.97. The van der Waals surface area contributed by atoms with Gasteiger partial charge >= 0.3 is 18.2 Å². The fourth-order valence-corrected chi connectivity index (χ4v) is 7.80. The molecule has 5 rings (SSSR count). The van der Waals surface area contributed by atoms with Crippen LogP contribution in [0, 0.1) is 23.2 Å². The van der Waals surface area contributed by atoms with E-state index in [9.17, 15) is 19.5 Å². The second-order valence-electron chi connectivity index (χ2n) is 14.9. The summed E-state index contributed by atoms with van der Waals surface area (Å²) in [4.78, 5) is 41.9. The van der Waals surface area contributed by atoms with Crippen molar-refractivity contribution in [3.63, 3.8) is 0 Å². The molecule has 0 aromatic heterocycles. The van der Waals surface area contributed by atoms with E-state index < -0.39 is 41.9 Å². The lowest BCUT2D eigenvalue weighted by atomic mass is 9.49. The number of carbonyl (C=O) groups is 3. The van der Waals surface area contributed by atoms with E-state index in [4.69, 9.17) is 9.47 Å². The minimum atomic E-state index is -1.13. The van der Waals surface area contributed by atoms with Crippen molar-refractivity contribution in [1.82, 2.24) is 9.80 Å². The molecule has 0 unspecified atom stereocenters. The molecule has 4 aliphatic carbocycles. The lowest BCUT2D eigenvalue weighted by Crippen LogP contribution is -2.54. The van der Waals surface area contributed by atoms with E-state index >= 15 is 0 Å². The topological polar surface area (TPSA) is 96.4 Å². The predicted molar refractivity (Wildman–Crippen MR) is 168 cm³/mol. The van der Waals surface area contributed by atoms with Crippen LogP contribution in [-0.2, 0) is 20.7 Å². The van der Waals surface area contributed by atoms with Crippen LogP contribution in [0.2, 0.25) is 0 Å². The molecule has 0 aliphatic heterocycles. The van der Waals surface area contributed by atoms with Gasteiger partial charge in [0.15, 0.2) is 0 Å². The Labute approximate surface area is 258 Å². The van der Waals surface area contributed by atoms with Crippen LogP contribution in [0.5, 0.6) is 0 Å². The van der Waals surface area contributed by atoms with Crippen LogP contribution in [0.25, 0.3) is 0 Å². The minimum absolute atomic E-state index is 0. The summed E-state index contributed by atoms with van der Waals surface area (Å²) in [5.41, 5.74) is -0.232. The first-order valence-electron chi connectivity index (χ1n) is 15.3. The SMILES string of the molecule is CC(C)(C)OC(=O)N(CC(=O)O)C[C@H](Cc1ccccc1)N(CCC12CC3CC(CC(C3)C1)C2)C(=O)OC(C)(C)C.S. The van der Waals surface area contributed by atoms with Gasteiger partial charge in [-0.3, -0.25) is 9.69 Å². The lowest BCUT2D eigenvalue weighted by molar-refractivity contribution is -0.138. The number of ether oxygens (including phenoxy) is 2. The maximum atomic E-state index is 13.9. The van der Waals surface area contributed by atoms with Crippen LogP contribution in [0.4, 0.5) is 9.59 Å². The Morgan fingerprint density at radius 1 is 0.881 bits per heavy atom. The van der Waals surface area contributed by atoms with E-state index in [1.165, 1.54) is 43.4 Å². The monoisotopic (exact) mass is 604 g/mol. The largest absolute Gasteiger partial charge is 0.480 e. The third-order valence-electron chi connectivity index (χ3n) is 8.84. The highest BCUT2D eigenvalue weighted by atomic mass is 32.1. The number of benzene rings is 1. The summed E-state index contributed by atoms with van der Waals surface area (Å²) >= 11 is 0. The number of carbonyl (C=O) groups excluding carboxylic acids is 2. The van der Waals surface area contributed by atoms with Gasteiger partial charge in [-0.2, -0.15) is 13.5 Å². The van der Waals surface area contributed by atoms with Crippen molar-refractivity contribution >= 4 is 31.7 Å². The van der Waals surface area contributed by atoms with Crippen LogP contribution in [-0.4, -0.2) is 69.9 Å². The number of hydrogen-bond acceptors (Lipinski definition) is 5. The molecule has 1 aromatic carbocycles. The van der Waals surface area contributed by atoms with E-state index in [0.29, 0.717) is 13.0 Å². The second kappa shape index (κ2) is 13.5. The Morgan fingerprint density at radius 3 is 1.86 bits per heavy atom. The van der Waals surface area contributed by atoms with E-state index in [1.807, 2.05) is 51.1 Å². The second-order valence-corrected chi connectivity index (χ2v) is 14.9. The van der Waals surface area contributed by atoms with Crippen molar-refractivity contribution in [2.24, 2.45) is 23.2 Å². The minimum Gasteiger partial charge on any atom is -0.480 e. The Balaban J connectivity index is 0.00000484. The van der Waals surface area contributed by atoms with Gasteiger partial charge in [-0.05, 0) is 122 Å². The fraction of sp³-hybridized carbons (Fsp3) is 0.727. The number of carboxylic acid groups (broad SMARTS) is 1. The van der Waals surface area contributed by atoms with Crippen LogP contribution < -0.4 is 0 Å². The number of aliphatic carboxylic acids is 1. The van der Waals surface area contributed by atoms with Gasteiger partial charge in [-0.1, -0.05) is 30.3 Å². The lowest BCUT2D eigenvalue weighted by Gasteiger charge is -2.57. The molecule has 9 heteroatoms. The third kappa shape index (κ3) is 9.55. The number of amides is 2. The zero-order valence-electron chi connectivity index (χ0n) is 26.4. The van der Waals surface area contributed by atoms with Crippen LogP contribution in [0.3, 0.4) is 0 Å². The summed E-state index contributed by atoms with van der Waals surface area (Å²) in [6, 6.07) is 9.33. The number of nitrogens with zero attached hydrogens (tertiary/aromatic N) is 2. The maximum Gasteiger partial charge on any atom is 0.410 e. The standard InChI is InChI=1S/C33H50N2O6.H2S/c1-31(2,3)40-29(38)34(22-28(36)37)21-27(17-23-10-8-7-9-11-23)35(30(39)41-32(4,5)6)13-12-33-18-24-14-25(19-33)16-26(15-24)20-33;/h7-11,24-27H,12-22H2,1-6H3,(H,36,37);1H2/t24?,25?,26?,27-,33?;/m0./s1. The van der Waals surface area contributed by atoms with Gasteiger partial charge in [0.05, 0.1) is 6.04 Å². The van der Waals surface area contributed by atoms with E-state index in [0.717, 1.165) is 29.7 Å². The van der Waals surface area contributed by atoms with Crippen molar-refractivity contribution in [1.29, 1.82) is 0 Å². The molecule has 1 N–H and O–H groups in total. The Kier molecular flexibility index (Phi) is 10.9. The van der Waals surface area contributed by atoms with E-state index in [-0.39, 0.29) is 25.5 Å². The molecule has 4 aliphatic rings. The van der Waals surface area contributed by atoms with Crippen LogP contribution in [0.1, 0.15) is 92.1 Å². The highest BCUT2D eigenvalue weighted by Gasteiger charge is 2.51.